The van der Waals surface area contributed by atoms with E-state index < -0.39 is 0 Å². The van der Waals surface area contributed by atoms with Gasteiger partial charge in [-0.2, -0.15) is 5.10 Å². The molecule has 0 aliphatic carbocycles. The summed E-state index contributed by atoms with van der Waals surface area (Å²) in [5.41, 5.74) is 6.34. The minimum atomic E-state index is 0.905. The van der Waals surface area contributed by atoms with Gasteiger partial charge < -0.3 is 5.32 Å². The second-order valence-electron chi connectivity index (χ2n) is 4.56. The molecule has 0 amide bonds. The Morgan fingerprint density at radius 2 is 1.65 bits per heavy atom. The molecule has 0 bridgehead atoms. The Morgan fingerprint density at radius 3 is 2.12 bits per heavy atom. The molecule has 1 N–H and O–H groups in total. The van der Waals surface area contributed by atoms with E-state index >= 15 is 0 Å². The van der Waals surface area contributed by atoms with E-state index in [2.05, 4.69) is 49.4 Å². The Hall–Kier alpha value is -1.77. The molecule has 0 fully saturated rings. The molecule has 17 heavy (non-hydrogen) atoms. The van der Waals surface area contributed by atoms with E-state index in [4.69, 9.17) is 0 Å². The summed E-state index contributed by atoms with van der Waals surface area (Å²) < 4.78 is 1.93. The fourth-order valence-electron chi connectivity index (χ4n) is 2.41. The number of nitrogens with zero attached hydrogens (tertiary/aromatic N) is 2. The van der Waals surface area contributed by atoms with Crippen molar-refractivity contribution in [3.8, 4) is 11.3 Å². The predicted octanol–water partition coefficient (Wildman–Crippen LogP) is 3.05. The highest BCUT2D eigenvalue weighted by molar-refractivity contribution is 5.70. The molecule has 0 saturated carbocycles. The van der Waals surface area contributed by atoms with Crippen molar-refractivity contribution in [2.24, 2.45) is 7.05 Å². The molecule has 1 aromatic heterocycles. The van der Waals surface area contributed by atoms with E-state index in [1.807, 2.05) is 18.8 Å². The highest BCUT2D eigenvalue weighted by Crippen LogP contribution is 2.29. The lowest BCUT2D eigenvalue weighted by Gasteiger charge is -2.11. The van der Waals surface area contributed by atoms with Crippen molar-refractivity contribution >= 4 is 5.82 Å². The normalized spacial score (nSPS) is 10.6. The van der Waals surface area contributed by atoms with Gasteiger partial charge in [0.05, 0.1) is 5.69 Å². The quantitative estimate of drug-likeness (QED) is 0.857. The molecule has 0 spiro atoms. The lowest BCUT2D eigenvalue weighted by Crippen LogP contribution is -1.98. The van der Waals surface area contributed by atoms with Crippen molar-refractivity contribution in [2.75, 3.05) is 12.4 Å². The number of aromatic nitrogens is 2. The summed E-state index contributed by atoms with van der Waals surface area (Å²) >= 11 is 0. The first-order chi connectivity index (χ1) is 8.02. The van der Waals surface area contributed by atoms with Crippen LogP contribution in [0.2, 0.25) is 0 Å². The van der Waals surface area contributed by atoms with Crippen LogP contribution in [0.5, 0.6) is 0 Å². The maximum Gasteiger partial charge on any atom is 0.148 e. The zero-order chi connectivity index (χ0) is 12.6. The predicted molar refractivity (Wildman–Crippen MR) is 72.4 cm³/mol. The average molecular weight is 229 g/mol. The van der Waals surface area contributed by atoms with Crippen molar-refractivity contribution in [3.05, 3.63) is 34.9 Å². The Kier molecular flexibility index (Phi) is 2.92. The molecular weight excluding hydrogens is 210 g/mol. The summed E-state index contributed by atoms with van der Waals surface area (Å²) in [6, 6.07) is 6.52. The molecule has 2 rings (SSSR count). The molecule has 1 aromatic carbocycles. The van der Waals surface area contributed by atoms with Crippen LogP contribution in [-0.4, -0.2) is 16.8 Å². The zero-order valence-corrected chi connectivity index (χ0v) is 11.1. The summed E-state index contributed by atoms with van der Waals surface area (Å²) in [5, 5.41) is 7.49. The van der Waals surface area contributed by atoms with Crippen molar-refractivity contribution < 1.29 is 0 Å². The lowest BCUT2D eigenvalue weighted by molar-refractivity contribution is 0.777. The Morgan fingerprint density at radius 1 is 1.06 bits per heavy atom. The monoisotopic (exact) mass is 229 g/mol. The van der Waals surface area contributed by atoms with Crippen LogP contribution in [0.1, 0.15) is 16.7 Å². The van der Waals surface area contributed by atoms with Gasteiger partial charge >= 0.3 is 0 Å². The van der Waals surface area contributed by atoms with Crippen LogP contribution in [-0.2, 0) is 7.05 Å². The highest BCUT2D eigenvalue weighted by atomic mass is 15.3. The number of benzene rings is 1. The number of hydrogen-bond acceptors (Lipinski definition) is 2. The van der Waals surface area contributed by atoms with Crippen molar-refractivity contribution in [2.45, 2.75) is 20.8 Å². The van der Waals surface area contributed by atoms with E-state index in [0.717, 1.165) is 11.5 Å². The summed E-state index contributed by atoms with van der Waals surface area (Å²) in [6.45, 7) is 6.44. The Bertz CT molecular complexity index is 530. The smallest absolute Gasteiger partial charge is 0.148 e. The molecule has 3 nitrogen and oxygen atoms in total. The average Bonchev–Trinajstić information content (AvgIpc) is 2.59. The van der Waals surface area contributed by atoms with E-state index in [1.54, 1.807) is 0 Å². The Labute approximate surface area is 102 Å². The molecule has 90 valence electrons. The molecule has 2 aromatic rings. The van der Waals surface area contributed by atoms with Crippen LogP contribution in [0.15, 0.2) is 18.2 Å². The van der Waals surface area contributed by atoms with Gasteiger partial charge in [-0.25, -0.2) is 0 Å². The van der Waals surface area contributed by atoms with Crippen LogP contribution < -0.4 is 5.32 Å². The Balaban J connectivity index is 2.63. The van der Waals surface area contributed by atoms with Gasteiger partial charge in [0, 0.05) is 25.7 Å². The van der Waals surface area contributed by atoms with Gasteiger partial charge in [0.15, 0.2) is 0 Å². The molecular formula is C14H19N3. The number of nitrogens with one attached hydrogen (secondary N) is 1. The second kappa shape index (κ2) is 4.24. The first kappa shape index (κ1) is 11.7. The largest absolute Gasteiger partial charge is 0.372 e. The third kappa shape index (κ3) is 2.05. The number of aryl methyl sites for hydroxylation is 4. The number of rotatable bonds is 2. The molecule has 1 heterocycles. The minimum absolute atomic E-state index is 0.905. The van der Waals surface area contributed by atoms with Crippen molar-refractivity contribution in [1.29, 1.82) is 0 Å². The van der Waals surface area contributed by atoms with Gasteiger partial charge in [-0.3, -0.25) is 4.68 Å². The summed E-state index contributed by atoms with van der Waals surface area (Å²) in [4.78, 5) is 0. The van der Waals surface area contributed by atoms with E-state index in [0.29, 0.717) is 0 Å². The third-order valence-electron chi connectivity index (χ3n) is 3.07. The molecule has 0 atom stereocenters. The summed E-state index contributed by atoms with van der Waals surface area (Å²) in [7, 11) is 3.87. The first-order valence-electron chi connectivity index (χ1n) is 5.83. The van der Waals surface area contributed by atoms with Gasteiger partial charge in [0.1, 0.15) is 5.82 Å². The zero-order valence-electron chi connectivity index (χ0n) is 11.1. The highest BCUT2D eigenvalue weighted by Gasteiger charge is 2.11. The third-order valence-corrected chi connectivity index (χ3v) is 3.07. The summed E-state index contributed by atoms with van der Waals surface area (Å²) in [6.07, 6.45) is 0. The molecule has 0 aliphatic rings. The van der Waals surface area contributed by atoms with Crippen LogP contribution in [0, 0.1) is 20.8 Å². The lowest BCUT2D eigenvalue weighted by atomic mass is 9.97. The molecule has 0 unspecified atom stereocenters. The fourth-order valence-corrected chi connectivity index (χ4v) is 2.41. The van der Waals surface area contributed by atoms with Crippen molar-refractivity contribution in [3.63, 3.8) is 0 Å². The van der Waals surface area contributed by atoms with Gasteiger partial charge in [-0.1, -0.05) is 17.7 Å². The van der Waals surface area contributed by atoms with Gasteiger partial charge in [0.25, 0.3) is 0 Å². The van der Waals surface area contributed by atoms with E-state index in [-0.39, 0.29) is 0 Å². The van der Waals surface area contributed by atoms with Gasteiger partial charge in [-0.15, -0.1) is 0 Å². The van der Waals surface area contributed by atoms with Crippen molar-refractivity contribution in [1.82, 2.24) is 9.78 Å². The minimum Gasteiger partial charge on any atom is -0.372 e. The topological polar surface area (TPSA) is 29.9 Å². The maximum atomic E-state index is 4.42. The standard InChI is InChI=1S/C14H19N3/c1-9-6-10(2)14(11(3)7-9)12-8-13(15-4)16-17(12)5/h6-8H,1-5H3,(H,15,16). The van der Waals surface area contributed by atoms with E-state index in [9.17, 15) is 0 Å². The van der Waals surface area contributed by atoms with Crippen LogP contribution >= 0.6 is 0 Å². The van der Waals surface area contributed by atoms with E-state index in [1.165, 1.54) is 22.3 Å². The fraction of sp³-hybridized carbons (Fsp3) is 0.357. The molecule has 3 heteroatoms. The van der Waals surface area contributed by atoms with Gasteiger partial charge in [0.2, 0.25) is 0 Å². The molecule has 0 aliphatic heterocycles. The maximum absolute atomic E-state index is 4.42. The molecule has 0 saturated heterocycles. The molecule has 0 radical (unpaired) electrons. The second-order valence-corrected chi connectivity index (χ2v) is 4.56. The first-order valence-corrected chi connectivity index (χ1v) is 5.83. The van der Waals surface area contributed by atoms with Crippen LogP contribution in [0.3, 0.4) is 0 Å². The summed E-state index contributed by atoms with van der Waals surface area (Å²) in [5.74, 6) is 0.905. The SMILES string of the molecule is CNc1cc(-c2c(C)cc(C)cc2C)n(C)n1. The van der Waals surface area contributed by atoms with Crippen LogP contribution in [0.4, 0.5) is 5.82 Å². The number of hydrogen-bond donors (Lipinski definition) is 1. The van der Waals surface area contributed by atoms with Crippen LogP contribution in [0.25, 0.3) is 11.3 Å². The van der Waals surface area contributed by atoms with Gasteiger partial charge in [-0.05, 0) is 31.9 Å². The number of anilines is 1.